The highest BCUT2D eigenvalue weighted by Crippen LogP contribution is 2.59. The fraction of sp³-hybridized carbons (Fsp3) is 0.625. The average molecular weight is 424 g/mol. The molecule has 0 aromatic carbocycles. The van der Waals surface area contributed by atoms with Crippen LogP contribution in [0.25, 0.3) is 5.65 Å². The Kier molecular flexibility index (Phi) is 5.24. The smallest absolute Gasteiger partial charge is 0.273 e. The second-order valence-corrected chi connectivity index (χ2v) is 10.2. The minimum absolute atomic E-state index is 0.0821. The summed E-state index contributed by atoms with van der Waals surface area (Å²) in [5, 5.41) is 6.29. The molecule has 2 heterocycles. The second kappa shape index (κ2) is 7.93. The van der Waals surface area contributed by atoms with Crippen molar-refractivity contribution in [1.82, 2.24) is 24.9 Å². The quantitative estimate of drug-likeness (QED) is 0.718. The zero-order chi connectivity index (χ0) is 21.6. The molecule has 0 saturated heterocycles. The van der Waals surface area contributed by atoms with Crippen LogP contribution in [0.1, 0.15) is 59.5 Å². The molecule has 2 amide bonds. The van der Waals surface area contributed by atoms with Gasteiger partial charge in [0.1, 0.15) is 17.0 Å². The highest BCUT2D eigenvalue weighted by molar-refractivity contribution is 5.95. The van der Waals surface area contributed by atoms with Crippen LogP contribution >= 0.6 is 0 Å². The van der Waals surface area contributed by atoms with E-state index in [2.05, 4.69) is 15.6 Å². The van der Waals surface area contributed by atoms with E-state index in [0.717, 1.165) is 24.3 Å². The van der Waals surface area contributed by atoms with Crippen molar-refractivity contribution in [2.45, 2.75) is 38.5 Å². The van der Waals surface area contributed by atoms with Crippen molar-refractivity contribution in [3.05, 3.63) is 35.8 Å². The van der Waals surface area contributed by atoms with Crippen LogP contribution in [0.15, 0.2) is 24.4 Å². The van der Waals surface area contributed by atoms with Crippen LogP contribution in [-0.2, 0) is 0 Å². The molecule has 0 unspecified atom stereocenters. The molecule has 4 aliphatic carbocycles. The average Bonchev–Trinajstić information content (AvgIpc) is 3.18. The number of rotatable bonds is 7. The number of carbonyl (C=O) groups excluding carboxylic acids is 2. The van der Waals surface area contributed by atoms with Crippen LogP contribution in [0.2, 0.25) is 0 Å². The minimum atomic E-state index is -0.140. The molecule has 0 atom stereocenters. The number of nitrogens with zero attached hydrogens (tertiary/aromatic N) is 3. The van der Waals surface area contributed by atoms with Crippen LogP contribution in [0, 0.1) is 23.2 Å². The topological polar surface area (TPSA) is 78.7 Å². The van der Waals surface area contributed by atoms with Gasteiger partial charge in [-0.05, 0) is 80.9 Å². The number of carbonyl (C=O) groups is 2. The molecule has 2 aromatic heterocycles. The van der Waals surface area contributed by atoms with E-state index in [1.807, 2.05) is 25.2 Å². The Bertz CT molecular complexity index is 962. The Balaban J connectivity index is 1.31. The zero-order valence-electron chi connectivity index (χ0n) is 18.6. The molecule has 2 aromatic rings. The third-order valence-corrected chi connectivity index (χ3v) is 7.78. The summed E-state index contributed by atoms with van der Waals surface area (Å²) in [6, 6.07) is 5.48. The normalized spacial score (nSPS) is 28.8. The van der Waals surface area contributed by atoms with E-state index < -0.39 is 0 Å². The van der Waals surface area contributed by atoms with Crippen molar-refractivity contribution < 1.29 is 9.59 Å². The molecular formula is C24H33N5O2. The lowest BCUT2D eigenvalue weighted by Gasteiger charge is -2.56. The first-order chi connectivity index (χ1) is 15.0. The van der Waals surface area contributed by atoms with Crippen LogP contribution in [0.4, 0.5) is 0 Å². The number of nitrogens with one attached hydrogen (secondary N) is 2. The van der Waals surface area contributed by atoms with Crippen LogP contribution in [0.5, 0.6) is 0 Å². The number of amides is 2. The summed E-state index contributed by atoms with van der Waals surface area (Å²) in [6.07, 6.45) is 9.71. The summed E-state index contributed by atoms with van der Waals surface area (Å²) in [4.78, 5) is 32.0. The summed E-state index contributed by atoms with van der Waals surface area (Å²) < 4.78 is 1.74. The standard InChI is InChI=1S/C24H33N5O2/c1-25-6-7-28(2)23(31)19-14-29-20(4-3-5-21(29)27-19)22(30)26-15-24-11-16-8-17(12-24)10-18(9-16)13-24/h3-5,14,16-18,25H,6-13,15H2,1-2H3,(H,26,30). The number of fused-ring (bicyclic) bond motifs is 1. The first kappa shape index (κ1) is 20.5. The Hall–Kier alpha value is -2.41. The maximum absolute atomic E-state index is 13.1. The summed E-state index contributed by atoms with van der Waals surface area (Å²) in [5.74, 6) is 2.39. The number of likely N-dealkylation sites (N-methyl/N-ethyl adjacent to an activating group) is 2. The van der Waals surface area contributed by atoms with E-state index in [9.17, 15) is 9.59 Å². The largest absolute Gasteiger partial charge is 0.350 e. The van der Waals surface area contributed by atoms with Gasteiger partial charge in [0.2, 0.25) is 0 Å². The van der Waals surface area contributed by atoms with Crippen LogP contribution in [-0.4, -0.2) is 59.8 Å². The Morgan fingerprint density at radius 2 is 1.84 bits per heavy atom. The van der Waals surface area contributed by atoms with Crippen LogP contribution in [0.3, 0.4) is 0 Å². The van der Waals surface area contributed by atoms with Gasteiger partial charge >= 0.3 is 0 Å². The van der Waals surface area contributed by atoms with E-state index in [-0.39, 0.29) is 11.8 Å². The van der Waals surface area contributed by atoms with E-state index in [1.54, 1.807) is 22.5 Å². The van der Waals surface area contributed by atoms with Gasteiger partial charge in [-0.1, -0.05) is 6.07 Å². The SMILES string of the molecule is CNCCN(C)C(=O)c1cn2c(C(=O)NCC34CC5CC(CC(C5)C3)C4)cccc2n1. The number of imidazole rings is 1. The maximum atomic E-state index is 13.1. The van der Waals surface area contributed by atoms with Crippen molar-refractivity contribution >= 4 is 17.5 Å². The van der Waals surface area contributed by atoms with Crippen molar-refractivity contribution in [3.8, 4) is 0 Å². The van der Waals surface area contributed by atoms with Crippen molar-refractivity contribution in [2.24, 2.45) is 23.2 Å². The van der Waals surface area contributed by atoms with Gasteiger partial charge in [0.25, 0.3) is 11.8 Å². The minimum Gasteiger partial charge on any atom is -0.350 e. The van der Waals surface area contributed by atoms with Crippen LogP contribution < -0.4 is 10.6 Å². The third kappa shape index (κ3) is 3.84. The molecule has 0 aliphatic heterocycles. The summed E-state index contributed by atoms with van der Waals surface area (Å²) in [6.45, 7) is 2.08. The molecule has 4 fully saturated rings. The van der Waals surface area contributed by atoms with Gasteiger partial charge in [-0.3, -0.25) is 14.0 Å². The molecule has 4 saturated carbocycles. The Labute approximate surface area is 183 Å². The first-order valence-electron chi connectivity index (χ1n) is 11.6. The van der Waals surface area contributed by atoms with E-state index in [1.165, 1.54) is 38.5 Å². The zero-order valence-corrected chi connectivity index (χ0v) is 18.6. The summed E-state index contributed by atoms with van der Waals surface area (Å²) in [7, 11) is 3.63. The molecule has 7 heteroatoms. The molecule has 166 valence electrons. The number of aromatic nitrogens is 2. The molecule has 0 spiro atoms. The van der Waals surface area contributed by atoms with E-state index in [4.69, 9.17) is 0 Å². The van der Waals surface area contributed by atoms with Crippen molar-refractivity contribution in [2.75, 3.05) is 33.7 Å². The van der Waals surface area contributed by atoms with E-state index in [0.29, 0.717) is 35.5 Å². The van der Waals surface area contributed by atoms with E-state index >= 15 is 0 Å². The lowest BCUT2D eigenvalue weighted by molar-refractivity contribution is -0.0503. The highest BCUT2D eigenvalue weighted by Gasteiger charge is 2.50. The predicted molar refractivity (Wildman–Crippen MR) is 119 cm³/mol. The molecule has 4 aliphatic rings. The Morgan fingerprint density at radius 1 is 1.16 bits per heavy atom. The van der Waals surface area contributed by atoms with Crippen molar-refractivity contribution in [1.29, 1.82) is 0 Å². The number of hydrogen-bond donors (Lipinski definition) is 2. The fourth-order valence-corrected chi connectivity index (χ4v) is 6.74. The maximum Gasteiger partial charge on any atom is 0.273 e. The van der Waals surface area contributed by atoms with Gasteiger partial charge in [-0.15, -0.1) is 0 Å². The predicted octanol–water partition coefficient (Wildman–Crippen LogP) is 2.57. The van der Waals surface area contributed by atoms with Gasteiger partial charge in [0.05, 0.1) is 0 Å². The summed E-state index contributed by atoms with van der Waals surface area (Å²) in [5.41, 5.74) is 1.81. The molecule has 7 nitrogen and oxygen atoms in total. The Morgan fingerprint density at radius 3 is 2.48 bits per heavy atom. The third-order valence-electron chi connectivity index (χ3n) is 7.78. The monoisotopic (exact) mass is 423 g/mol. The second-order valence-electron chi connectivity index (χ2n) is 10.2. The van der Waals surface area contributed by atoms with Gasteiger partial charge in [-0.2, -0.15) is 0 Å². The van der Waals surface area contributed by atoms with Crippen molar-refractivity contribution in [3.63, 3.8) is 0 Å². The first-order valence-corrected chi connectivity index (χ1v) is 11.6. The fourth-order valence-electron chi connectivity index (χ4n) is 6.74. The summed E-state index contributed by atoms with van der Waals surface area (Å²) >= 11 is 0. The van der Waals surface area contributed by atoms with Gasteiger partial charge in [0, 0.05) is 32.9 Å². The van der Waals surface area contributed by atoms with Gasteiger partial charge in [0.15, 0.2) is 0 Å². The molecular weight excluding hydrogens is 390 g/mol. The molecule has 4 bridgehead atoms. The lowest BCUT2D eigenvalue weighted by atomic mass is 9.49. The van der Waals surface area contributed by atoms with Gasteiger partial charge in [-0.25, -0.2) is 4.98 Å². The van der Waals surface area contributed by atoms with Gasteiger partial charge < -0.3 is 15.5 Å². The molecule has 6 rings (SSSR count). The number of hydrogen-bond acceptors (Lipinski definition) is 4. The highest BCUT2D eigenvalue weighted by atomic mass is 16.2. The molecule has 2 N–H and O–H groups in total. The molecule has 0 radical (unpaired) electrons. The lowest BCUT2D eigenvalue weighted by Crippen LogP contribution is -2.51. The molecule has 31 heavy (non-hydrogen) atoms. The number of pyridine rings is 1.